The highest BCUT2D eigenvalue weighted by molar-refractivity contribution is 14.1. The standard InChI is InChI=1S/C8H15IO/c1-6-3-8(5-9)4-7(2)10-6/h6-8H,3-5H2,1-2H3/t6-,7+,8?. The van der Waals surface area contributed by atoms with Crippen molar-refractivity contribution in [1.29, 1.82) is 0 Å². The molecule has 0 spiro atoms. The topological polar surface area (TPSA) is 9.23 Å². The molecule has 1 rings (SSSR count). The zero-order chi connectivity index (χ0) is 7.56. The van der Waals surface area contributed by atoms with Crippen LogP contribution in [0.1, 0.15) is 26.7 Å². The fourth-order valence-corrected chi connectivity index (χ4v) is 2.39. The third-order valence-electron chi connectivity index (χ3n) is 2.01. The van der Waals surface area contributed by atoms with Crippen molar-refractivity contribution in [3.05, 3.63) is 0 Å². The molecule has 1 unspecified atom stereocenters. The van der Waals surface area contributed by atoms with Gasteiger partial charge in [0.2, 0.25) is 0 Å². The van der Waals surface area contributed by atoms with E-state index in [1.807, 2.05) is 0 Å². The van der Waals surface area contributed by atoms with Gasteiger partial charge in [-0.2, -0.15) is 0 Å². The van der Waals surface area contributed by atoms with Gasteiger partial charge in [-0.25, -0.2) is 0 Å². The second-order valence-corrected chi connectivity index (χ2v) is 4.13. The Balaban J connectivity index is 2.35. The van der Waals surface area contributed by atoms with Crippen molar-refractivity contribution in [3.63, 3.8) is 0 Å². The summed E-state index contributed by atoms with van der Waals surface area (Å²) in [6.07, 6.45) is 3.49. The van der Waals surface area contributed by atoms with Crippen molar-refractivity contribution < 1.29 is 4.74 Å². The minimum Gasteiger partial charge on any atom is -0.376 e. The van der Waals surface area contributed by atoms with Crippen molar-refractivity contribution >= 4 is 22.6 Å². The van der Waals surface area contributed by atoms with E-state index in [0.717, 1.165) is 5.92 Å². The Hall–Kier alpha value is 0.690. The number of halogens is 1. The number of hydrogen-bond acceptors (Lipinski definition) is 1. The molecule has 0 radical (unpaired) electrons. The van der Waals surface area contributed by atoms with Gasteiger partial charge in [-0.15, -0.1) is 0 Å². The molecule has 1 aliphatic rings. The van der Waals surface area contributed by atoms with E-state index in [1.54, 1.807) is 0 Å². The maximum absolute atomic E-state index is 5.61. The molecule has 10 heavy (non-hydrogen) atoms. The molecule has 3 atom stereocenters. The lowest BCUT2D eigenvalue weighted by molar-refractivity contribution is -0.0471. The van der Waals surface area contributed by atoms with Crippen LogP contribution >= 0.6 is 22.6 Å². The van der Waals surface area contributed by atoms with Gasteiger partial charge in [-0.1, -0.05) is 22.6 Å². The third kappa shape index (κ3) is 2.38. The normalized spacial score (nSPS) is 41.7. The van der Waals surface area contributed by atoms with Gasteiger partial charge in [-0.3, -0.25) is 0 Å². The summed E-state index contributed by atoms with van der Waals surface area (Å²) in [7, 11) is 0. The van der Waals surface area contributed by atoms with Crippen molar-refractivity contribution in [2.45, 2.75) is 38.9 Å². The molecule has 1 fully saturated rings. The molecular weight excluding hydrogens is 239 g/mol. The smallest absolute Gasteiger partial charge is 0.0553 e. The van der Waals surface area contributed by atoms with E-state index in [2.05, 4.69) is 36.4 Å². The van der Waals surface area contributed by atoms with Gasteiger partial charge in [0.05, 0.1) is 12.2 Å². The molecule has 0 aliphatic carbocycles. The average Bonchev–Trinajstić information content (AvgIpc) is 1.85. The molecular formula is C8H15IO. The first kappa shape index (κ1) is 8.78. The summed E-state index contributed by atoms with van der Waals surface area (Å²) in [5.74, 6) is 0.902. The Labute approximate surface area is 76.7 Å². The van der Waals surface area contributed by atoms with E-state index >= 15 is 0 Å². The van der Waals surface area contributed by atoms with Gasteiger partial charge in [0, 0.05) is 4.43 Å². The highest BCUT2D eigenvalue weighted by atomic mass is 127. The summed E-state index contributed by atoms with van der Waals surface area (Å²) in [4.78, 5) is 0. The molecule has 1 saturated heterocycles. The maximum Gasteiger partial charge on any atom is 0.0553 e. The Kier molecular flexibility index (Phi) is 3.43. The Morgan fingerprint density at radius 2 is 1.80 bits per heavy atom. The van der Waals surface area contributed by atoms with Crippen molar-refractivity contribution in [2.75, 3.05) is 4.43 Å². The summed E-state index contributed by atoms with van der Waals surface area (Å²) in [5, 5.41) is 0. The van der Waals surface area contributed by atoms with Crippen molar-refractivity contribution in [2.24, 2.45) is 5.92 Å². The Bertz CT molecular complexity index is 95.4. The first-order chi connectivity index (χ1) is 4.72. The van der Waals surface area contributed by atoms with E-state index in [9.17, 15) is 0 Å². The second-order valence-electron chi connectivity index (χ2n) is 3.25. The van der Waals surface area contributed by atoms with E-state index in [1.165, 1.54) is 17.3 Å². The van der Waals surface area contributed by atoms with Crippen LogP contribution in [0.15, 0.2) is 0 Å². The lowest BCUT2D eigenvalue weighted by Crippen LogP contribution is -2.29. The minimum absolute atomic E-state index is 0.489. The number of rotatable bonds is 1. The lowest BCUT2D eigenvalue weighted by Gasteiger charge is -2.30. The molecule has 1 heterocycles. The molecule has 0 aromatic rings. The average molecular weight is 254 g/mol. The third-order valence-corrected chi connectivity index (χ3v) is 3.26. The maximum atomic E-state index is 5.61. The zero-order valence-electron chi connectivity index (χ0n) is 6.64. The van der Waals surface area contributed by atoms with E-state index in [0.29, 0.717) is 12.2 Å². The van der Waals surface area contributed by atoms with Gasteiger partial charge < -0.3 is 4.74 Å². The van der Waals surface area contributed by atoms with Crippen LogP contribution in [0.5, 0.6) is 0 Å². The molecule has 0 aromatic heterocycles. The fraction of sp³-hybridized carbons (Fsp3) is 1.00. The number of ether oxygens (including phenoxy) is 1. The molecule has 2 heteroatoms. The van der Waals surface area contributed by atoms with Crippen molar-refractivity contribution in [1.82, 2.24) is 0 Å². The zero-order valence-corrected chi connectivity index (χ0v) is 8.80. The van der Waals surface area contributed by atoms with Crippen LogP contribution in [0.3, 0.4) is 0 Å². The van der Waals surface area contributed by atoms with Crippen LogP contribution in [-0.4, -0.2) is 16.6 Å². The molecule has 1 aliphatic heterocycles. The first-order valence-electron chi connectivity index (χ1n) is 3.93. The molecule has 0 aromatic carbocycles. The Morgan fingerprint density at radius 1 is 1.30 bits per heavy atom. The van der Waals surface area contributed by atoms with E-state index < -0.39 is 0 Å². The molecule has 1 nitrogen and oxygen atoms in total. The summed E-state index contributed by atoms with van der Waals surface area (Å²) in [6, 6.07) is 0. The van der Waals surface area contributed by atoms with Crippen LogP contribution < -0.4 is 0 Å². The van der Waals surface area contributed by atoms with Crippen LogP contribution in [0.25, 0.3) is 0 Å². The highest BCUT2D eigenvalue weighted by Crippen LogP contribution is 2.25. The highest BCUT2D eigenvalue weighted by Gasteiger charge is 2.22. The predicted molar refractivity (Wildman–Crippen MR) is 51.6 cm³/mol. The quantitative estimate of drug-likeness (QED) is 0.516. The van der Waals surface area contributed by atoms with Crippen LogP contribution in [-0.2, 0) is 4.74 Å². The van der Waals surface area contributed by atoms with Gasteiger partial charge in [0.15, 0.2) is 0 Å². The van der Waals surface area contributed by atoms with Gasteiger partial charge in [0.1, 0.15) is 0 Å². The van der Waals surface area contributed by atoms with E-state index in [4.69, 9.17) is 4.74 Å². The van der Waals surface area contributed by atoms with E-state index in [-0.39, 0.29) is 0 Å². The summed E-state index contributed by atoms with van der Waals surface area (Å²) < 4.78 is 6.90. The van der Waals surface area contributed by atoms with Gasteiger partial charge >= 0.3 is 0 Å². The molecule has 0 amide bonds. The second kappa shape index (κ2) is 3.90. The van der Waals surface area contributed by atoms with Crippen LogP contribution in [0.2, 0.25) is 0 Å². The summed E-state index contributed by atoms with van der Waals surface area (Å²) in [5.41, 5.74) is 0. The largest absolute Gasteiger partial charge is 0.376 e. The molecule has 0 bridgehead atoms. The molecule has 60 valence electrons. The first-order valence-corrected chi connectivity index (χ1v) is 5.46. The molecule has 0 saturated carbocycles. The number of alkyl halides is 1. The summed E-state index contributed by atoms with van der Waals surface area (Å²) in [6.45, 7) is 4.35. The van der Waals surface area contributed by atoms with Crippen LogP contribution in [0.4, 0.5) is 0 Å². The van der Waals surface area contributed by atoms with Gasteiger partial charge in [-0.05, 0) is 32.6 Å². The molecule has 0 N–H and O–H groups in total. The number of hydrogen-bond donors (Lipinski definition) is 0. The van der Waals surface area contributed by atoms with Crippen LogP contribution in [0, 0.1) is 5.92 Å². The summed E-state index contributed by atoms with van der Waals surface area (Å²) >= 11 is 2.47. The fourth-order valence-electron chi connectivity index (χ4n) is 1.67. The van der Waals surface area contributed by atoms with Crippen molar-refractivity contribution in [3.8, 4) is 0 Å². The lowest BCUT2D eigenvalue weighted by atomic mass is 9.95. The van der Waals surface area contributed by atoms with Gasteiger partial charge in [0.25, 0.3) is 0 Å². The predicted octanol–water partition coefficient (Wildman–Crippen LogP) is 2.63. The Morgan fingerprint density at radius 3 is 2.20 bits per heavy atom. The minimum atomic E-state index is 0.489. The SMILES string of the molecule is C[C@@H]1CC(CI)C[C@H](C)O1. The monoisotopic (exact) mass is 254 g/mol.